The van der Waals surface area contributed by atoms with Crippen molar-refractivity contribution in [3.8, 4) is 0 Å². The minimum atomic E-state index is -3.24. The Bertz CT molecular complexity index is 899. The van der Waals surface area contributed by atoms with Crippen LogP contribution in [0.4, 0.5) is 4.79 Å². The third-order valence-electron chi connectivity index (χ3n) is 3.93. The predicted octanol–water partition coefficient (Wildman–Crippen LogP) is 4.52. The molecule has 0 radical (unpaired) electrons. The molecule has 0 heterocycles. The summed E-state index contributed by atoms with van der Waals surface area (Å²) >= 11 is 12.0. The number of benzene rings is 2. The van der Waals surface area contributed by atoms with E-state index in [0.29, 0.717) is 10.0 Å². The van der Waals surface area contributed by atoms with Crippen molar-refractivity contribution in [2.75, 3.05) is 6.26 Å². The maximum atomic E-state index is 12.2. The molecule has 0 saturated carbocycles. The Balaban J connectivity index is 2.00. The van der Waals surface area contributed by atoms with Crippen molar-refractivity contribution in [3.63, 3.8) is 0 Å². The summed E-state index contributed by atoms with van der Waals surface area (Å²) in [4.78, 5) is 12.5. The van der Waals surface area contributed by atoms with Crippen molar-refractivity contribution in [1.82, 2.24) is 10.6 Å². The second-order valence-corrected chi connectivity index (χ2v) is 8.93. The Morgan fingerprint density at radius 1 is 0.962 bits per heavy atom. The van der Waals surface area contributed by atoms with Crippen molar-refractivity contribution < 1.29 is 13.2 Å². The van der Waals surface area contributed by atoms with Crippen LogP contribution in [0.2, 0.25) is 10.0 Å². The van der Waals surface area contributed by atoms with Gasteiger partial charge in [0.25, 0.3) is 0 Å². The number of carbonyl (C=O) groups is 1. The van der Waals surface area contributed by atoms with Crippen LogP contribution in [0.1, 0.15) is 37.1 Å². The largest absolute Gasteiger partial charge is 0.332 e. The summed E-state index contributed by atoms with van der Waals surface area (Å²) in [7, 11) is -3.24. The summed E-state index contributed by atoms with van der Waals surface area (Å²) in [5, 5.41) is 6.65. The molecule has 8 heteroatoms. The first kappa shape index (κ1) is 20.6. The van der Waals surface area contributed by atoms with Crippen LogP contribution in [-0.4, -0.2) is 20.7 Å². The third kappa shape index (κ3) is 5.37. The summed E-state index contributed by atoms with van der Waals surface area (Å²) in [5.74, 6) is 0. The number of carbonyl (C=O) groups excluding carboxylic acids is 1. The normalized spacial score (nSPS) is 13.7. The number of hydrogen-bond donors (Lipinski definition) is 2. The molecule has 2 unspecified atom stereocenters. The molecule has 0 bridgehead atoms. The van der Waals surface area contributed by atoms with Crippen molar-refractivity contribution in [3.05, 3.63) is 63.6 Å². The van der Waals surface area contributed by atoms with Crippen molar-refractivity contribution in [1.29, 1.82) is 0 Å². The van der Waals surface area contributed by atoms with E-state index in [1.165, 1.54) is 12.1 Å². The van der Waals surface area contributed by atoms with Gasteiger partial charge in [-0.05, 0) is 49.2 Å². The molecule has 2 aromatic carbocycles. The number of halogens is 2. The molecule has 0 aliphatic carbocycles. The molecule has 2 rings (SSSR count). The van der Waals surface area contributed by atoms with Gasteiger partial charge in [-0.2, -0.15) is 0 Å². The molecule has 0 aromatic heterocycles. The van der Waals surface area contributed by atoms with Crippen LogP contribution in [0.15, 0.2) is 47.4 Å². The topological polar surface area (TPSA) is 75.3 Å². The maximum absolute atomic E-state index is 12.2. The van der Waals surface area contributed by atoms with Gasteiger partial charge < -0.3 is 10.6 Å². The van der Waals surface area contributed by atoms with Crippen LogP contribution in [-0.2, 0) is 9.84 Å². The van der Waals surface area contributed by atoms with E-state index < -0.39 is 9.84 Å². The zero-order valence-corrected chi connectivity index (χ0v) is 16.9. The summed E-state index contributed by atoms with van der Waals surface area (Å²) in [6, 6.07) is 10.6. The molecule has 0 aliphatic heterocycles. The Morgan fingerprint density at radius 2 is 1.54 bits per heavy atom. The molecular formula is C18H20Cl2N2O3S. The van der Waals surface area contributed by atoms with E-state index in [1.54, 1.807) is 30.3 Å². The van der Waals surface area contributed by atoms with Gasteiger partial charge in [-0.25, -0.2) is 13.2 Å². The molecule has 26 heavy (non-hydrogen) atoms. The maximum Gasteiger partial charge on any atom is 0.315 e. The summed E-state index contributed by atoms with van der Waals surface area (Å²) < 4.78 is 23.0. The fraction of sp³-hybridized carbons (Fsp3) is 0.278. The summed E-state index contributed by atoms with van der Waals surface area (Å²) in [6.45, 7) is 3.63. The van der Waals surface area contributed by atoms with Crippen LogP contribution >= 0.6 is 23.2 Å². The van der Waals surface area contributed by atoms with Crippen molar-refractivity contribution in [2.24, 2.45) is 0 Å². The van der Waals surface area contributed by atoms with Gasteiger partial charge in [0.1, 0.15) is 0 Å². The monoisotopic (exact) mass is 414 g/mol. The number of amides is 2. The van der Waals surface area contributed by atoms with Gasteiger partial charge in [0.05, 0.1) is 17.0 Å². The lowest BCUT2D eigenvalue weighted by molar-refractivity contribution is 0.235. The first-order valence-corrected chi connectivity index (χ1v) is 10.5. The smallest absolute Gasteiger partial charge is 0.315 e. The Morgan fingerprint density at radius 3 is 2.08 bits per heavy atom. The van der Waals surface area contributed by atoms with Gasteiger partial charge in [0.2, 0.25) is 0 Å². The van der Waals surface area contributed by atoms with E-state index >= 15 is 0 Å². The molecule has 2 aromatic rings. The number of sulfone groups is 1. The van der Waals surface area contributed by atoms with E-state index in [4.69, 9.17) is 23.2 Å². The third-order valence-corrected chi connectivity index (χ3v) is 5.62. The molecule has 2 N–H and O–H groups in total. The van der Waals surface area contributed by atoms with Gasteiger partial charge in [0.15, 0.2) is 9.84 Å². The van der Waals surface area contributed by atoms with E-state index in [0.717, 1.165) is 17.4 Å². The highest BCUT2D eigenvalue weighted by Gasteiger charge is 2.16. The molecular weight excluding hydrogens is 395 g/mol. The highest BCUT2D eigenvalue weighted by Crippen LogP contribution is 2.26. The molecule has 2 amide bonds. The van der Waals surface area contributed by atoms with E-state index in [9.17, 15) is 13.2 Å². The van der Waals surface area contributed by atoms with E-state index in [-0.39, 0.29) is 23.0 Å². The number of rotatable bonds is 5. The van der Waals surface area contributed by atoms with Gasteiger partial charge in [-0.15, -0.1) is 0 Å². The number of hydrogen-bond acceptors (Lipinski definition) is 3. The zero-order valence-electron chi connectivity index (χ0n) is 14.6. The van der Waals surface area contributed by atoms with Crippen molar-refractivity contribution in [2.45, 2.75) is 30.8 Å². The molecule has 140 valence electrons. The molecule has 0 aliphatic rings. The lowest BCUT2D eigenvalue weighted by atomic mass is 10.1. The molecule has 0 saturated heterocycles. The van der Waals surface area contributed by atoms with Crippen LogP contribution in [0.5, 0.6) is 0 Å². The fourth-order valence-corrected chi connectivity index (χ4v) is 3.66. The van der Waals surface area contributed by atoms with Gasteiger partial charge in [-0.1, -0.05) is 41.4 Å². The second-order valence-electron chi connectivity index (χ2n) is 6.07. The Hall–Kier alpha value is -1.76. The quantitative estimate of drug-likeness (QED) is 0.754. The predicted molar refractivity (Wildman–Crippen MR) is 105 cm³/mol. The number of nitrogens with one attached hydrogen (secondary N) is 2. The van der Waals surface area contributed by atoms with Gasteiger partial charge >= 0.3 is 6.03 Å². The molecule has 5 nitrogen and oxygen atoms in total. The first-order valence-electron chi connectivity index (χ1n) is 7.90. The lowest BCUT2D eigenvalue weighted by Gasteiger charge is -2.19. The van der Waals surface area contributed by atoms with Crippen LogP contribution in [0.3, 0.4) is 0 Å². The summed E-state index contributed by atoms with van der Waals surface area (Å²) in [6.07, 6.45) is 1.15. The SMILES string of the molecule is CC(NC(=O)NC(C)c1ccc(Cl)cc1Cl)c1ccc(S(C)(=O)=O)cc1. The first-order chi connectivity index (χ1) is 12.1. The van der Waals surface area contributed by atoms with Crippen LogP contribution in [0, 0.1) is 0 Å². The van der Waals surface area contributed by atoms with E-state index in [1.807, 2.05) is 13.8 Å². The van der Waals surface area contributed by atoms with Gasteiger partial charge in [0, 0.05) is 16.3 Å². The van der Waals surface area contributed by atoms with Crippen LogP contribution in [0.25, 0.3) is 0 Å². The van der Waals surface area contributed by atoms with Gasteiger partial charge in [-0.3, -0.25) is 0 Å². The minimum absolute atomic E-state index is 0.240. The highest BCUT2D eigenvalue weighted by atomic mass is 35.5. The van der Waals surface area contributed by atoms with Crippen LogP contribution < -0.4 is 10.6 Å². The second kappa shape index (κ2) is 8.29. The molecule has 0 fully saturated rings. The lowest BCUT2D eigenvalue weighted by Crippen LogP contribution is -2.38. The average Bonchev–Trinajstić information content (AvgIpc) is 2.53. The Kier molecular flexibility index (Phi) is 6.55. The summed E-state index contributed by atoms with van der Waals surface area (Å²) in [5.41, 5.74) is 1.56. The molecule has 2 atom stereocenters. The van der Waals surface area contributed by atoms with Crippen molar-refractivity contribution >= 4 is 39.1 Å². The average molecular weight is 415 g/mol. The highest BCUT2D eigenvalue weighted by molar-refractivity contribution is 7.90. The number of urea groups is 1. The van der Waals surface area contributed by atoms with E-state index in [2.05, 4.69) is 10.6 Å². The Labute approximate surface area is 163 Å². The standard InChI is InChI=1S/C18H20Cl2N2O3S/c1-11(13-4-7-15(8-5-13)26(3,24)25)21-18(23)22-12(2)16-9-6-14(19)10-17(16)20/h4-12H,1-3H3,(H2,21,22,23). The zero-order chi connectivity index (χ0) is 19.5. The minimum Gasteiger partial charge on any atom is -0.332 e. The molecule has 0 spiro atoms. The fourth-order valence-electron chi connectivity index (χ4n) is 2.45.